The van der Waals surface area contributed by atoms with E-state index in [2.05, 4.69) is 9.47 Å². The molecule has 0 spiro atoms. The molecule has 0 amide bonds. The van der Waals surface area contributed by atoms with Crippen molar-refractivity contribution in [2.45, 2.75) is 87.6 Å². The van der Waals surface area contributed by atoms with Gasteiger partial charge < -0.3 is 9.47 Å². The molecule has 8 aliphatic rings. The second-order valence-corrected chi connectivity index (χ2v) is 17.3. The Kier molecular flexibility index (Phi) is 8.03. The molecule has 0 saturated heterocycles. The molecule has 0 aliphatic heterocycles. The van der Waals surface area contributed by atoms with Gasteiger partial charge in [0.15, 0.2) is 0 Å². The van der Waals surface area contributed by atoms with Crippen molar-refractivity contribution >= 4 is 32.2 Å². The topological polar surface area (TPSA) is 150 Å². The number of alkyl halides is 4. The average molecular weight is 663 g/mol. The van der Waals surface area contributed by atoms with Crippen molar-refractivity contribution in [2.75, 3.05) is 20.8 Å². The van der Waals surface area contributed by atoms with Gasteiger partial charge in [-0.2, -0.15) is 34.4 Å². The highest BCUT2D eigenvalue weighted by atomic mass is 32.2. The standard InChI is InChI=1S/C24H34F2O5S.C3H4F2O5S/c1-30-20(27)24(25,26)32(28,29)31-14-21-6-18-5-19(7-21)12-23(11-18,13-21)22-8-15-2-16(9-22)4-17(3-15)10-22;1-10-2(6)3(4,5)11(7,8)9/h15-19H,2-14H2,1H3;1H3,(H,7,8,9). The summed E-state index contributed by atoms with van der Waals surface area (Å²) in [7, 11) is -9.79. The number of carbonyl (C=O) groups is 2. The van der Waals surface area contributed by atoms with Gasteiger partial charge in [-0.25, -0.2) is 9.59 Å². The lowest BCUT2D eigenvalue weighted by Gasteiger charge is -2.72. The molecule has 8 fully saturated rings. The smallest absolute Gasteiger partial charge is 0.464 e. The molecule has 16 heteroatoms. The Hall–Kier alpha value is -1.52. The lowest BCUT2D eigenvalue weighted by atomic mass is 9.33. The number of carbonyl (C=O) groups excluding carboxylic acids is 2. The number of hydrogen-bond donors (Lipinski definition) is 1. The van der Waals surface area contributed by atoms with E-state index >= 15 is 0 Å². The lowest BCUT2D eigenvalue weighted by Crippen LogP contribution is -2.63. The Labute approximate surface area is 248 Å². The van der Waals surface area contributed by atoms with Gasteiger partial charge in [0.25, 0.3) is 0 Å². The summed E-state index contributed by atoms with van der Waals surface area (Å²) in [5.74, 6) is -0.789. The monoisotopic (exact) mass is 662 g/mol. The Balaban J connectivity index is 0.000000288. The summed E-state index contributed by atoms with van der Waals surface area (Å²) in [6.45, 7) is -0.233. The van der Waals surface area contributed by atoms with Gasteiger partial charge in [-0.1, -0.05) is 0 Å². The highest BCUT2D eigenvalue weighted by Gasteiger charge is 2.68. The lowest BCUT2D eigenvalue weighted by molar-refractivity contribution is -0.225. The van der Waals surface area contributed by atoms with Crippen LogP contribution in [0.4, 0.5) is 17.6 Å². The molecule has 8 bridgehead atoms. The van der Waals surface area contributed by atoms with Crippen LogP contribution in [-0.4, -0.2) is 64.7 Å². The van der Waals surface area contributed by atoms with Crippen molar-refractivity contribution in [2.24, 2.45) is 45.8 Å². The maximum absolute atomic E-state index is 14.1. The summed E-state index contributed by atoms with van der Waals surface area (Å²) in [4.78, 5) is 21.4. The molecule has 8 saturated carbocycles. The molecule has 0 aromatic heterocycles. The predicted molar refractivity (Wildman–Crippen MR) is 140 cm³/mol. The molecule has 2 atom stereocenters. The van der Waals surface area contributed by atoms with Crippen LogP contribution < -0.4 is 0 Å². The Morgan fingerprint density at radius 2 is 1.09 bits per heavy atom. The third-order valence-corrected chi connectivity index (χ3v) is 13.4. The first-order valence-electron chi connectivity index (χ1n) is 14.5. The highest BCUT2D eigenvalue weighted by Crippen LogP contribution is 2.77. The number of halogens is 4. The van der Waals surface area contributed by atoms with Crippen LogP contribution in [0.15, 0.2) is 0 Å². The molecule has 0 heterocycles. The second-order valence-electron chi connectivity index (χ2n) is 14.1. The van der Waals surface area contributed by atoms with Gasteiger partial charge in [-0.15, -0.1) is 0 Å². The number of rotatable bonds is 8. The molecule has 43 heavy (non-hydrogen) atoms. The predicted octanol–water partition coefficient (Wildman–Crippen LogP) is 4.54. The summed E-state index contributed by atoms with van der Waals surface area (Å²) in [6, 6.07) is 0. The summed E-state index contributed by atoms with van der Waals surface area (Å²) < 4.78 is 117. The summed E-state index contributed by atoms with van der Waals surface area (Å²) in [6.07, 6.45) is 14.3. The van der Waals surface area contributed by atoms with Crippen molar-refractivity contribution < 1.29 is 62.2 Å². The minimum absolute atomic E-state index is 0.213. The number of esters is 2. The summed E-state index contributed by atoms with van der Waals surface area (Å²) in [5, 5.41) is -9.57. The van der Waals surface area contributed by atoms with Crippen LogP contribution in [0.3, 0.4) is 0 Å². The van der Waals surface area contributed by atoms with E-state index in [1.807, 2.05) is 0 Å². The normalized spacial score (nSPS) is 39.7. The summed E-state index contributed by atoms with van der Waals surface area (Å²) in [5.41, 5.74) is 0.206. The van der Waals surface area contributed by atoms with Gasteiger partial charge >= 0.3 is 42.7 Å². The van der Waals surface area contributed by atoms with E-state index in [0.29, 0.717) is 24.4 Å². The van der Waals surface area contributed by atoms with Crippen LogP contribution in [0, 0.1) is 45.8 Å². The molecule has 8 rings (SSSR count). The first kappa shape index (κ1) is 32.9. The van der Waals surface area contributed by atoms with Crippen molar-refractivity contribution in [1.29, 1.82) is 0 Å². The molecular formula is C27H38F4O10S2. The largest absolute Gasteiger partial charge is 0.466 e. The number of hydrogen-bond acceptors (Lipinski definition) is 9. The van der Waals surface area contributed by atoms with Gasteiger partial charge in [0.1, 0.15) is 0 Å². The second kappa shape index (κ2) is 10.5. The first-order valence-corrected chi connectivity index (χ1v) is 17.4. The highest BCUT2D eigenvalue weighted by molar-refractivity contribution is 7.88. The van der Waals surface area contributed by atoms with Gasteiger partial charge in [-0.3, -0.25) is 8.74 Å². The summed E-state index contributed by atoms with van der Waals surface area (Å²) >= 11 is 0. The zero-order valence-electron chi connectivity index (χ0n) is 24.0. The fourth-order valence-electron chi connectivity index (χ4n) is 10.7. The quantitative estimate of drug-likeness (QED) is 0.170. The third-order valence-electron chi connectivity index (χ3n) is 11.3. The zero-order valence-corrected chi connectivity index (χ0v) is 25.7. The molecular weight excluding hydrogens is 624 g/mol. The number of methoxy groups -OCH3 is 2. The maximum atomic E-state index is 14.1. The molecule has 2 unspecified atom stereocenters. The fraction of sp³-hybridized carbons (Fsp3) is 0.926. The van der Waals surface area contributed by atoms with Crippen LogP contribution in [0.2, 0.25) is 0 Å². The Bertz CT molecular complexity index is 1310. The van der Waals surface area contributed by atoms with Crippen LogP contribution in [-0.2, 0) is 43.5 Å². The molecule has 10 nitrogen and oxygen atoms in total. The van der Waals surface area contributed by atoms with E-state index in [0.717, 1.165) is 44.1 Å². The van der Waals surface area contributed by atoms with Crippen molar-refractivity contribution in [3.8, 4) is 0 Å². The van der Waals surface area contributed by atoms with Crippen molar-refractivity contribution in [3.05, 3.63) is 0 Å². The van der Waals surface area contributed by atoms with Crippen LogP contribution >= 0.6 is 0 Å². The number of ether oxygens (including phenoxy) is 2. The first-order chi connectivity index (χ1) is 19.7. The Morgan fingerprint density at radius 3 is 1.49 bits per heavy atom. The van der Waals surface area contributed by atoms with Gasteiger partial charge in [0.2, 0.25) is 0 Å². The van der Waals surface area contributed by atoms with E-state index in [1.54, 1.807) is 0 Å². The molecule has 0 aromatic rings. The van der Waals surface area contributed by atoms with Gasteiger partial charge in [0, 0.05) is 0 Å². The van der Waals surface area contributed by atoms with Crippen molar-refractivity contribution in [1.82, 2.24) is 0 Å². The molecule has 8 aliphatic carbocycles. The molecule has 0 aromatic carbocycles. The van der Waals surface area contributed by atoms with E-state index in [1.165, 1.54) is 57.8 Å². The minimum Gasteiger partial charge on any atom is -0.464 e. The molecule has 0 radical (unpaired) electrons. The van der Waals surface area contributed by atoms with Crippen LogP contribution in [0.1, 0.15) is 77.0 Å². The SMILES string of the molecule is COC(=O)C(F)(F)S(=O)(=O)O.COC(=O)C(F)(F)S(=O)(=O)OCC12CC3CC(C1)CC(C14CC5CC(CC(C5)C1)C4)(C3)C2. The van der Waals surface area contributed by atoms with Crippen molar-refractivity contribution in [3.63, 3.8) is 0 Å². The van der Waals surface area contributed by atoms with Gasteiger partial charge in [-0.05, 0) is 123 Å². The van der Waals surface area contributed by atoms with E-state index in [4.69, 9.17) is 8.74 Å². The van der Waals surface area contributed by atoms with Crippen LogP contribution in [0.5, 0.6) is 0 Å². The third kappa shape index (κ3) is 5.39. The molecule has 246 valence electrons. The van der Waals surface area contributed by atoms with Crippen LogP contribution in [0.25, 0.3) is 0 Å². The average Bonchev–Trinajstić information content (AvgIpc) is 2.89. The van der Waals surface area contributed by atoms with E-state index in [-0.39, 0.29) is 17.4 Å². The zero-order chi connectivity index (χ0) is 31.9. The fourth-order valence-corrected chi connectivity index (χ4v) is 11.9. The molecule has 1 N–H and O–H groups in total. The minimum atomic E-state index is -5.72. The maximum Gasteiger partial charge on any atom is 0.466 e. The van der Waals surface area contributed by atoms with E-state index in [9.17, 15) is 44.0 Å². The van der Waals surface area contributed by atoms with E-state index < -0.39 is 42.7 Å². The Morgan fingerprint density at radius 1 is 0.698 bits per heavy atom. The van der Waals surface area contributed by atoms with Gasteiger partial charge in [0.05, 0.1) is 20.8 Å².